The van der Waals surface area contributed by atoms with Gasteiger partial charge in [-0.05, 0) is 43.2 Å². The number of nitro benzene ring substituents is 1. The van der Waals surface area contributed by atoms with Gasteiger partial charge in [0.2, 0.25) is 0 Å². The van der Waals surface area contributed by atoms with Gasteiger partial charge in [-0.1, -0.05) is 6.42 Å². The number of amidine groups is 1. The van der Waals surface area contributed by atoms with Gasteiger partial charge < -0.3 is 5.32 Å². The first-order valence-electron chi connectivity index (χ1n) is 9.93. The minimum absolute atomic E-state index is 0.0258. The molecule has 0 saturated carbocycles. The maximum absolute atomic E-state index is 12.6. The van der Waals surface area contributed by atoms with Crippen molar-refractivity contribution in [1.82, 2.24) is 4.72 Å². The lowest BCUT2D eigenvalue weighted by Gasteiger charge is -2.11. The minimum atomic E-state index is -3.85. The molecule has 0 bridgehead atoms. The number of sulfonamides is 1. The molecule has 176 valence electrons. The minimum Gasteiger partial charge on any atom is -0.322 e. The molecule has 3 rings (SSSR count). The van der Waals surface area contributed by atoms with Gasteiger partial charge in [0.15, 0.2) is 9.84 Å². The molecule has 11 nitrogen and oxygen atoms in total. The highest BCUT2D eigenvalue weighted by atomic mass is 32.2. The molecule has 13 heteroatoms. The van der Waals surface area contributed by atoms with Gasteiger partial charge in [-0.2, -0.15) is 0 Å². The molecule has 2 aromatic carbocycles. The molecule has 1 aliphatic heterocycles. The number of hydrogen-bond acceptors (Lipinski definition) is 8. The number of sulfone groups is 1. The number of benzene rings is 2. The second-order valence-corrected chi connectivity index (χ2v) is 11.2. The Morgan fingerprint density at radius 2 is 1.70 bits per heavy atom. The summed E-state index contributed by atoms with van der Waals surface area (Å²) in [4.78, 5) is 26.7. The van der Waals surface area contributed by atoms with Crippen LogP contribution >= 0.6 is 0 Å². The summed E-state index contributed by atoms with van der Waals surface area (Å²) in [5, 5.41) is 13.6. The van der Waals surface area contributed by atoms with Crippen LogP contribution in [0.3, 0.4) is 0 Å². The zero-order chi connectivity index (χ0) is 24.2. The van der Waals surface area contributed by atoms with Crippen LogP contribution in [0.2, 0.25) is 0 Å². The molecule has 2 aromatic rings. The molecular weight excluding hydrogens is 472 g/mol. The van der Waals surface area contributed by atoms with Gasteiger partial charge in [-0.25, -0.2) is 16.8 Å². The van der Waals surface area contributed by atoms with Gasteiger partial charge in [-0.3, -0.25) is 24.6 Å². The van der Waals surface area contributed by atoms with Crippen molar-refractivity contribution in [3.8, 4) is 0 Å². The highest BCUT2D eigenvalue weighted by molar-refractivity contribution is 7.90. The number of nitrogens with one attached hydrogen (secondary N) is 2. The largest absolute Gasteiger partial charge is 0.322 e. The smallest absolute Gasteiger partial charge is 0.271 e. The molecule has 0 fully saturated rings. The zero-order valence-electron chi connectivity index (χ0n) is 17.6. The fourth-order valence-corrected chi connectivity index (χ4v) is 4.89. The van der Waals surface area contributed by atoms with Crippen LogP contribution in [0.15, 0.2) is 57.2 Å². The first-order chi connectivity index (χ1) is 15.5. The summed E-state index contributed by atoms with van der Waals surface area (Å²) in [7, 11) is -7.64. The van der Waals surface area contributed by atoms with E-state index < -0.39 is 36.4 Å². The number of carbonyl (C=O) groups excluding carboxylic acids is 1. The first-order valence-corrected chi connectivity index (χ1v) is 13.3. The van der Waals surface area contributed by atoms with Crippen LogP contribution < -0.4 is 10.0 Å². The van der Waals surface area contributed by atoms with Crippen LogP contribution in [0, 0.1) is 10.1 Å². The number of hydrogen-bond donors (Lipinski definition) is 2. The van der Waals surface area contributed by atoms with E-state index in [2.05, 4.69) is 15.0 Å². The number of carbonyl (C=O) groups is 1. The Morgan fingerprint density at radius 3 is 2.33 bits per heavy atom. The molecule has 0 aromatic heterocycles. The maximum Gasteiger partial charge on any atom is 0.271 e. The highest BCUT2D eigenvalue weighted by Gasteiger charge is 2.20. The Hall–Kier alpha value is -3.32. The summed E-state index contributed by atoms with van der Waals surface area (Å²) in [6.45, 7) is 0.571. The van der Waals surface area contributed by atoms with Crippen LogP contribution in [-0.2, 0) is 19.9 Å². The first kappa shape index (κ1) is 24.3. The zero-order valence-corrected chi connectivity index (χ0v) is 19.3. The van der Waals surface area contributed by atoms with Crippen LogP contribution in [0.5, 0.6) is 0 Å². The molecule has 0 saturated heterocycles. The summed E-state index contributed by atoms with van der Waals surface area (Å²) < 4.78 is 51.3. The normalized spacial score (nSPS) is 14.6. The summed E-state index contributed by atoms with van der Waals surface area (Å²) in [6, 6.07) is 8.17. The molecule has 0 atom stereocenters. The van der Waals surface area contributed by atoms with Crippen molar-refractivity contribution in [1.29, 1.82) is 0 Å². The predicted molar refractivity (Wildman–Crippen MR) is 122 cm³/mol. The number of nitro groups is 1. The molecule has 0 spiro atoms. The van der Waals surface area contributed by atoms with Crippen LogP contribution in [-0.4, -0.2) is 46.3 Å². The van der Waals surface area contributed by atoms with Gasteiger partial charge in [0.05, 0.1) is 14.7 Å². The summed E-state index contributed by atoms with van der Waals surface area (Å²) in [6.07, 6.45) is 4.17. The van der Waals surface area contributed by atoms with Crippen molar-refractivity contribution in [3.63, 3.8) is 0 Å². The fraction of sp³-hybridized carbons (Fsp3) is 0.300. The van der Waals surface area contributed by atoms with Gasteiger partial charge in [-0.15, -0.1) is 0 Å². The third-order valence-electron chi connectivity index (χ3n) is 4.84. The number of anilines is 1. The van der Waals surface area contributed by atoms with Crippen LogP contribution in [0.4, 0.5) is 11.4 Å². The maximum atomic E-state index is 12.6. The number of nitrogens with zero attached hydrogens (tertiary/aromatic N) is 2. The third kappa shape index (κ3) is 6.35. The van der Waals surface area contributed by atoms with Crippen molar-refractivity contribution in [2.24, 2.45) is 4.99 Å². The van der Waals surface area contributed by atoms with Gasteiger partial charge in [0.25, 0.3) is 21.6 Å². The fourth-order valence-electron chi connectivity index (χ4n) is 3.13. The lowest BCUT2D eigenvalue weighted by atomic mass is 10.2. The van der Waals surface area contributed by atoms with Crippen molar-refractivity contribution in [2.75, 3.05) is 18.1 Å². The second kappa shape index (κ2) is 9.67. The Kier molecular flexibility index (Phi) is 7.12. The van der Waals surface area contributed by atoms with E-state index in [9.17, 15) is 31.7 Å². The van der Waals surface area contributed by atoms with E-state index >= 15 is 0 Å². The standard InChI is InChI=1S/C20H22N4O7S2/c1-32(28,29)18-12-14(11-16(13-18)24(26)27)20(25)22-15-6-8-17(9-7-15)33(30,31)23-19-5-3-2-4-10-21-19/h6-9,11-13H,2-5,10H2,1H3,(H,21,23)(H,22,25). The van der Waals surface area contributed by atoms with Gasteiger partial charge in [0.1, 0.15) is 5.84 Å². The average molecular weight is 495 g/mol. The van der Waals surface area contributed by atoms with E-state index in [0.29, 0.717) is 18.8 Å². The van der Waals surface area contributed by atoms with Crippen molar-refractivity contribution < 1.29 is 26.6 Å². The summed E-state index contributed by atoms with van der Waals surface area (Å²) in [5.41, 5.74) is -0.551. The van der Waals surface area contributed by atoms with Crippen molar-refractivity contribution >= 4 is 43.0 Å². The summed E-state index contributed by atoms with van der Waals surface area (Å²) in [5.74, 6) is -0.373. The van der Waals surface area contributed by atoms with Crippen LogP contribution in [0.1, 0.15) is 36.0 Å². The monoisotopic (exact) mass is 494 g/mol. The number of rotatable bonds is 6. The SMILES string of the molecule is CS(=O)(=O)c1cc(C(=O)Nc2ccc(S(=O)(=O)NC3=NCCCCC3)cc2)cc([N+](=O)[O-])c1. The molecule has 0 aliphatic carbocycles. The topological polar surface area (TPSA) is 165 Å². The van der Waals surface area contributed by atoms with Gasteiger partial charge >= 0.3 is 0 Å². The highest BCUT2D eigenvalue weighted by Crippen LogP contribution is 2.22. The Labute approximate surface area is 191 Å². The Balaban J connectivity index is 1.78. The number of amides is 1. The second-order valence-electron chi connectivity index (χ2n) is 7.47. The molecule has 0 unspecified atom stereocenters. The molecular formula is C20H22N4O7S2. The molecule has 2 N–H and O–H groups in total. The lowest BCUT2D eigenvalue weighted by molar-refractivity contribution is -0.385. The lowest BCUT2D eigenvalue weighted by Crippen LogP contribution is -2.30. The van der Waals surface area contributed by atoms with E-state index in [1.54, 1.807) is 0 Å². The molecule has 0 radical (unpaired) electrons. The van der Waals surface area contributed by atoms with E-state index in [1.807, 2.05) is 0 Å². The van der Waals surface area contributed by atoms with Crippen molar-refractivity contribution in [2.45, 2.75) is 35.5 Å². The van der Waals surface area contributed by atoms with E-state index in [1.165, 1.54) is 24.3 Å². The third-order valence-corrected chi connectivity index (χ3v) is 7.33. The number of non-ortho nitro benzene ring substituents is 1. The van der Waals surface area contributed by atoms with E-state index in [4.69, 9.17) is 0 Å². The predicted octanol–water partition coefficient (Wildman–Crippen LogP) is 2.50. The van der Waals surface area contributed by atoms with E-state index in [0.717, 1.165) is 43.7 Å². The molecule has 1 amide bonds. The van der Waals surface area contributed by atoms with Gasteiger partial charge in [0, 0.05) is 42.6 Å². The summed E-state index contributed by atoms with van der Waals surface area (Å²) >= 11 is 0. The quantitative estimate of drug-likeness (QED) is 0.460. The number of aliphatic imine (C=N–C) groups is 1. The molecule has 1 aliphatic rings. The average Bonchev–Trinajstić information content (AvgIpc) is 3.01. The Bertz CT molecular complexity index is 1320. The Morgan fingerprint density at radius 1 is 1.00 bits per heavy atom. The molecule has 33 heavy (non-hydrogen) atoms. The van der Waals surface area contributed by atoms with Crippen molar-refractivity contribution in [3.05, 3.63) is 58.1 Å². The van der Waals surface area contributed by atoms with E-state index in [-0.39, 0.29) is 21.0 Å². The van der Waals surface area contributed by atoms with Crippen LogP contribution in [0.25, 0.3) is 0 Å². The molecule has 1 heterocycles.